The van der Waals surface area contributed by atoms with Crippen LogP contribution in [0.1, 0.15) is 54.4 Å². The number of urea groups is 1. The molecule has 6 nitrogen and oxygen atoms in total. The molecule has 6 rings (SSSR count). The molecule has 1 saturated heterocycles. The van der Waals surface area contributed by atoms with E-state index in [1.165, 1.54) is 52.6 Å². The van der Waals surface area contributed by atoms with E-state index in [4.69, 9.17) is 5.14 Å². The predicted molar refractivity (Wildman–Crippen MR) is 159 cm³/mol. The summed E-state index contributed by atoms with van der Waals surface area (Å²) in [4.78, 5) is 18.8. The number of fused-ring (bicyclic) bond motifs is 2. The SMILES string of the molecule is Cc1ccc(CN2CCC(O)C2)cc1-c1ccc2c(c1)C1(CCCC1)CN2C(=O)NCc1ccc(SN)cc1. The zero-order chi connectivity index (χ0) is 27.0. The topological polar surface area (TPSA) is 81.8 Å². The molecule has 3 aromatic carbocycles. The van der Waals surface area contributed by atoms with Crippen LogP contribution in [0, 0.1) is 6.92 Å². The van der Waals surface area contributed by atoms with Crippen molar-refractivity contribution in [3.63, 3.8) is 0 Å². The molecular formula is C32H38N4O2S. The zero-order valence-corrected chi connectivity index (χ0v) is 23.5. The third-order valence-electron chi connectivity index (χ3n) is 8.90. The largest absolute Gasteiger partial charge is 0.392 e. The van der Waals surface area contributed by atoms with Crippen molar-refractivity contribution in [1.29, 1.82) is 0 Å². The molecule has 204 valence electrons. The van der Waals surface area contributed by atoms with E-state index >= 15 is 0 Å². The molecule has 0 bridgehead atoms. The van der Waals surface area contributed by atoms with Crippen LogP contribution in [0.2, 0.25) is 0 Å². The van der Waals surface area contributed by atoms with E-state index in [0.717, 1.165) is 61.6 Å². The van der Waals surface area contributed by atoms with Crippen molar-refractivity contribution in [2.75, 3.05) is 24.5 Å². The van der Waals surface area contributed by atoms with Gasteiger partial charge in [-0.2, -0.15) is 0 Å². The summed E-state index contributed by atoms with van der Waals surface area (Å²) in [5, 5.41) is 18.7. The average Bonchev–Trinajstić information content (AvgIpc) is 3.68. The van der Waals surface area contributed by atoms with E-state index in [1.807, 2.05) is 29.2 Å². The second-order valence-corrected chi connectivity index (χ2v) is 12.3. The predicted octanol–water partition coefficient (Wildman–Crippen LogP) is 5.74. The van der Waals surface area contributed by atoms with Gasteiger partial charge in [0.05, 0.1) is 6.10 Å². The Bertz CT molecular complexity index is 1350. The summed E-state index contributed by atoms with van der Waals surface area (Å²) in [7, 11) is 0. The van der Waals surface area contributed by atoms with Gasteiger partial charge in [-0.25, -0.2) is 4.79 Å². The molecule has 1 unspecified atom stereocenters. The van der Waals surface area contributed by atoms with Crippen LogP contribution in [-0.4, -0.2) is 41.8 Å². The van der Waals surface area contributed by atoms with Gasteiger partial charge in [0.1, 0.15) is 0 Å². The third kappa shape index (κ3) is 5.33. The van der Waals surface area contributed by atoms with Gasteiger partial charge in [-0.1, -0.05) is 43.2 Å². The number of amides is 2. The van der Waals surface area contributed by atoms with Crippen molar-refractivity contribution in [2.24, 2.45) is 5.14 Å². The molecule has 1 aliphatic carbocycles. The molecule has 2 fully saturated rings. The number of aliphatic hydroxyl groups excluding tert-OH is 1. The van der Waals surface area contributed by atoms with E-state index in [2.05, 4.69) is 53.5 Å². The number of nitrogens with two attached hydrogens (primary N) is 1. The van der Waals surface area contributed by atoms with Crippen molar-refractivity contribution in [3.05, 3.63) is 82.9 Å². The summed E-state index contributed by atoms with van der Waals surface area (Å²) >= 11 is 1.23. The quantitative estimate of drug-likeness (QED) is 0.346. The third-order valence-corrected chi connectivity index (χ3v) is 9.44. The Hall–Kier alpha value is -2.84. The Morgan fingerprint density at radius 1 is 1.08 bits per heavy atom. The van der Waals surface area contributed by atoms with E-state index in [9.17, 15) is 9.90 Å². The molecule has 0 radical (unpaired) electrons. The first-order chi connectivity index (χ1) is 18.9. The zero-order valence-electron chi connectivity index (χ0n) is 22.7. The molecule has 39 heavy (non-hydrogen) atoms. The number of nitrogens with one attached hydrogen (secondary N) is 1. The molecule has 2 amide bonds. The second-order valence-electron chi connectivity index (χ2n) is 11.6. The maximum Gasteiger partial charge on any atom is 0.322 e. The number of nitrogens with zero attached hydrogens (tertiary/aromatic N) is 2. The fourth-order valence-electron chi connectivity index (χ4n) is 6.75. The summed E-state index contributed by atoms with van der Waals surface area (Å²) in [6, 6.07) is 21.4. The normalized spacial score (nSPS) is 20.1. The number of aryl methyl sites for hydroxylation is 1. The van der Waals surface area contributed by atoms with Gasteiger partial charge >= 0.3 is 6.03 Å². The Labute approximate surface area is 235 Å². The maximum absolute atomic E-state index is 13.5. The van der Waals surface area contributed by atoms with Crippen LogP contribution in [0.25, 0.3) is 11.1 Å². The molecule has 0 aromatic heterocycles. The van der Waals surface area contributed by atoms with Gasteiger partial charge in [0.2, 0.25) is 0 Å². The Morgan fingerprint density at radius 3 is 2.56 bits per heavy atom. The molecule has 2 heterocycles. The number of carbonyl (C=O) groups excluding carboxylic acids is 1. The lowest BCUT2D eigenvalue weighted by atomic mass is 9.79. The minimum Gasteiger partial charge on any atom is -0.392 e. The lowest BCUT2D eigenvalue weighted by Crippen LogP contribution is -2.41. The molecule has 4 N–H and O–H groups in total. The first kappa shape index (κ1) is 26.4. The van der Waals surface area contributed by atoms with E-state index < -0.39 is 0 Å². The summed E-state index contributed by atoms with van der Waals surface area (Å²) in [5.41, 5.74) is 8.49. The highest BCUT2D eigenvalue weighted by molar-refractivity contribution is 7.97. The number of likely N-dealkylation sites (tertiary alicyclic amines) is 1. The lowest BCUT2D eigenvalue weighted by molar-refractivity contribution is 0.175. The van der Waals surface area contributed by atoms with Crippen LogP contribution in [0.4, 0.5) is 10.5 Å². The number of rotatable bonds is 6. The van der Waals surface area contributed by atoms with Gasteiger partial charge in [0, 0.05) is 48.7 Å². The van der Waals surface area contributed by atoms with Crippen molar-refractivity contribution >= 4 is 23.7 Å². The smallest absolute Gasteiger partial charge is 0.322 e. The van der Waals surface area contributed by atoms with Gasteiger partial charge in [-0.05, 0) is 102 Å². The number of hydrogen-bond acceptors (Lipinski definition) is 5. The minimum absolute atomic E-state index is 0.0315. The van der Waals surface area contributed by atoms with Crippen LogP contribution in [-0.2, 0) is 18.5 Å². The van der Waals surface area contributed by atoms with Gasteiger partial charge < -0.3 is 10.4 Å². The Balaban J connectivity index is 1.25. The number of β-amino-alcohol motifs (C(OH)–C–C–N with tert-alkyl or cyclic N) is 1. The number of benzene rings is 3. The molecule has 1 spiro atoms. The van der Waals surface area contributed by atoms with E-state index in [0.29, 0.717) is 6.54 Å². The number of carbonyl (C=O) groups is 1. The summed E-state index contributed by atoms with van der Waals surface area (Å²) in [5.74, 6) is 0. The molecular weight excluding hydrogens is 504 g/mol. The van der Waals surface area contributed by atoms with Crippen molar-refractivity contribution in [1.82, 2.24) is 10.2 Å². The first-order valence-electron chi connectivity index (χ1n) is 14.1. The summed E-state index contributed by atoms with van der Waals surface area (Å²) in [6.07, 6.45) is 5.32. The fourth-order valence-corrected chi connectivity index (χ4v) is 7.04. The van der Waals surface area contributed by atoms with Gasteiger partial charge in [0.25, 0.3) is 0 Å². The number of hydrogen-bond donors (Lipinski definition) is 3. The van der Waals surface area contributed by atoms with Gasteiger partial charge in [-0.15, -0.1) is 0 Å². The van der Waals surface area contributed by atoms with Crippen LogP contribution >= 0.6 is 11.9 Å². The van der Waals surface area contributed by atoms with Crippen LogP contribution in [0.5, 0.6) is 0 Å². The number of aliphatic hydroxyl groups is 1. The monoisotopic (exact) mass is 542 g/mol. The standard InChI is InChI=1S/C32H38N4O2S/c1-22-4-5-24(19-35-15-12-26(37)20-35)16-28(22)25-8-11-30-29(17-25)32(13-2-3-14-32)21-36(30)31(38)34-18-23-6-9-27(39-33)10-7-23/h4-11,16-17,26,37H,2-3,12-15,18-21,33H2,1H3,(H,34,38). The molecule has 1 atom stereocenters. The molecule has 7 heteroatoms. The van der Waals surface area contributed by atoms with Crippen LogP contribution in [0.15, 0.2) is 65.6 Å². The molecule has 3 aliphatic rings. The van der Waals surface area contributed by atoms with Gasteiger partial charge in [-0.3, -0.25) is 14.9 Å². The highest BCUT2D eigenvalue weighted by Crippen LogP contribution is 2.51. The highest BCUT2D eigenvalue weighted by atomic mass is 32.2. The van der Waals surface area contributed by atoms with Crippen LogP contribution < -0.4 is 15.4 Å². The van der Waals surface area contributed by atoms with Crippen LogP contribution in [0.3, 0.4) is 0 Å². The van der Waals surface area contributed by atoms with Crippen molar-refractivity contribution in [3.8, 4) is 11.1 Å². The Kier molecular flexibility index (Phi) is 7.42. The Morgan fingerprint density at radius 2 is 1.85 bits per heavy atom. The lowest BCUT2D eigenvalue weighted by Gasteiger charge is -2.25. The molecule has 1 saturated carbocycles. The van der Waals surface area contributed by atoms with E-state index in [-0.39, 0.29) is 17.6 Å². The number of anilines is 1. The average molecular weight is 543 g/mol. The van der Waals surface area contributed by atoms with Crippen molar-refractivity contribution in [2.45, 2.75) is 68.5 Å². The fraction of sp³-hybridized carbons (Fsp3) is 0.406. The maximum atomic E-state index is 13.5. The summed E-state index contributed by atoms with van der Waals surface area (Å²) in [6.45, 7) is 5.97. The summed E-state index contributed by atoms with van der Waals surface area (Å²) < 4.78 is 0. The molecule has 3 aromatic rings. The van der Waals surface area contributed by atoms with Crippen molar-refractivity contribution < 1.29 is 9.90 Å². The highest BCUT2D eigenvalue weighted by Gasteiger charge is 2.46. The van der Waals surface area contributed by atoms with E-state index in [1.54, 1.807) is 0 Å². The molecule has 2 aliphatic heterocycles. The van der Waals surface area contributed by atoms with Gasteiger partial charge in [0.15, 0.2) is 0 Å². The minimum atomic E-state index is -0.204. The first-order valence-corrected chi connectivity index (χ1v) is 15.0. The second kappa shape index (κ2) is 11.0.